The first-order valence-corrected chi connectivity index (χ1v) is 7.86. The number of rotatable bonds is 5. The van der Waals surface area contributed by atoms with E-state index in [0.29, 0.717) is 30.5 Å². The number of nitrogens with two attached hydrogens (primary N) is 1. The lowest BCUT2D eigenvalue weighted by Gasteiger charge is -2.28. The Kier molecular flexibility index (Phi) is 5.68. The van der Waals surface area contributed by atoms with Crippen molar-refractivity contribution in [3.8, 4) is 0 Å². The van der Waals surface area contributed by atoms with E-state index in [-0.39, 0.29) is 24.0 Å². The van der Waals surface area contributed by atoms with Gasteiger partial charge in [-0.15, -0.1) is 0 Å². The lowest BCUT2D eigenvalue weighted by atomic mass is 9.82. The standard InChI is InChI=1S/C17H21N3O4/c1-10(21)19-13-7-5-11(6-8-13)17(24)20-15(16(18)23)12-3-2-4-14(22)9-12/h5-8,12,15H,2-4,9H2,1H3,(H2,18,23)(H,19,21)(H,20,24)/t12-,15-/m0/s1. The fourth-order valence-electron chi connectivity index (χ4n) is 2.90. The number of Topliss-reactive ketones (excluding diaryl/α,β-unsaturated/α-hetero) is 1. The zero-order valence-corrected chi connectivity index (χ0v) is 13.5. The maximum atomic E-state index is 12.3. The van der Waals surface area contributed by atoms with Gasteiger partial charge in [-0.1, -0.05) is 0 Å². The summed E-state index contributed by atoms with van der Waals surface area (Å²) < 4.78 is 0. The first-order chi connectivity index (χ1) is 11.4. The van der Waals surface area contributed by atoms with Gasteiger partial charge in [0.1, 0.15) is 11.8 Å². The lowest BCUT2D eigenvalue weighted by molar-refractivity contribution is -0.124. The third-order valence-electron chi connectivity index (χ3n) is 4.05. The van der Waals surface area contributed by atoms with E-state index < -0.39 is 17.9 Å². The maximum absolute atomic E-state index is 12.3. The molecule has 0 spiro atoms. The van der Waals surface area contributed by atoms with Crippen molar-refractivity contribution < 1.29 is 19.2 Å². The summed E-state index contributed by atoms with van der Waals surface area (Å²) in [5.41, 5.74) is 6.32. The van der Waals surface area contributed by atoms with Gasteiger partial charge in [0.05, 0.1) is 0 Å². The Morgan fingerprint density at radius 3 is 2.42 bits per heavy atom. The molecule has 1 aliphatic rings. The Balaban J connectivity index is 2.06. The van der Waals surface area contributed by atoms with Crippen LogP contribution >= 0.6 is 0 Å². The summed E-state index contributed by atoms with van der Waals surface area (Å²) in [6.45, 7) is 1.39. The lowest BCUT2D eigenvalue weighted by Crippen LogP contribution is -2.50. The van der Waals surface area contributed by atoms with Crippen LogP contribution in [-0.2, 0) is 14.4 Å². The third-order valence-corrected chi connectivity index (χ3v) is 4.05. The van der Waals surface area contributed by atoms with Gasteiger partial charge in [-0.05, 0) is 43.0 Å². The highest BCUT2D eigenvalue weighted by atomic mass is 16.2. The van der Waals surface area contributed by atoms with E-state index in [0.717, 1.165) is 0 Å². The van der Waals surface area contributed by atoms with Crippen LogP contribution in [0.3, 0.4) is 0 Å². The van der Waals surface area contributed by atoms with Crippen LogP contribution in [0, 0.1) is 5.92 Å². The van der Waals surface area contributed by atoms with Crippen LogP contribution in [0.5, 0.6) is 0 Å². The Bertz CT molecular complexity index is 654. The van der Waals surface area contributed by atoms with Crippen molar-refractivity contribution in [2.45, 2.75) is 38.6 Å². The quantitative estimate of drug-likeness (QED) is 0.745. The van der Waals surface area contributed by atoms with Crippen molar-refractivity contribution in [2.75, 3.05) is 5.32 Å². The van der Waals surface area contributed by atoms with Crippen molar-refractivity contribution in [2.24, 2.45) is 11.7 Å². The summed E-state index contributed by atoms with van der Waals surface area (Å²) in [4.78, 5) is 46.6. The summed E-state index contributed by atoms with van der Waals surface area (Å²) in [5, 5.41) is 5.23. The minimum Gasteiger partial charge on any atom is -0.368 e. The molecule has 1 fully saturated rings. The fourth-order valence-corrected chi connectivity index (χ4v) is 2.90. The molecule has 1 aromatic rings. The van der Waals surface area contributed by atoms with Gasteiger partial charge in [-0.3, -0.25) is 19.2 Å². The van der Waals surface area contributed by atoms with Gasteiger partial charge in [0.2, 0.25) is 11.8 Å². The summed E-state index contributed by atoms with van der Waals surface area (Å²) in [6.07, 6.45) is 2.16. The van der Waals surface area contributed by atoms with Crippen LogP contribution in [0.25, 0.3) is 0 Å². The minimum atomic E-state index is -0.864. The van der Waals surface area contributed by atoms with Gasteiger partial charge in [0, 0.05) is 31.0 Å². The molecule has 7 heteroatoms. The summed E-state index contributed by atoms with van der Waals surface area (Å²) in [5.74, 6) is -1.45. The number of benzene rings is 1. The summed E-state index contributed by atoms with van der Waals surface area (Å²) >= 11 is 0. The molecule has 1 aromatic carbocycles. The molecule has 0 aliphatic heterocycles. The molecule has 7 nitrogen and oxygen atoms in total. The topological polar surface area (TPSA) is 118 Å². The number of carbonyl (C=O) groups excluding carboxylic acids is 4. The Hall–Kier alpha value is -2.70. The Labute approximate surface area is 140 Å². The van der Waals surface area contributed by atoms with E-state index in [1.54, 1.807) is 24.3 Å². The van der Waals surface area contributed by atoms with Crippen LogP contribution in [0.2, 0.25) is 0 Å². The average Bonchev–Trinajstić information content (AvgIpc) is 2.52. The van der Waals surface area contributed by atoms with Crippen LogP contribution < -0.4 is 16.4 Å². The number of hydrogen-bond donors (Lipinski definition) is 3. The molecule has 0 unspecified atom stereocenters. The highest BCUT2D eigenvalue weighted by molar-refractivity contribution is 5.98. The normalized spacial score (nSPS) is 18.5. The monoisotopic (exact) mass is 331 g/mol. The highest BCUT2D eigenvalue weighted by Crippen LogP contribution is 2.24. The van der Waals surface area contributed by atoms with Crippen molar-refractivity contribution >= 4 is 29.2 Å². The highest BCUT2D eigenvalue weighted by Gasteiger charge is 2.32. The molecular weight excluding hydrogens is 310 g/mol. The van der Waals surface area contributed by atoms with Gasteiger partial charge in [-0.2, -0.15) is 0 Å². The number of nitrogens with one attached hydrogen (secondary N) is 2. The molecule has 3 amide bonds. The van der Waals surface area contributed by atoms with Crippen LogP contribution in [0.4, 0.5) is 5.69 Å². The molecule has 0 radical (unpaired) electrons. The van der Waals surface area contributed by atoms with Gasteiger partial charge in [0.25, 0.3) is 5.91 Å². The number of anilines is 1. The molecule has 128 valence electrons. The van der Waals surface area contributed by atoms with Crippen LogP contribution in [0.15, 0.2) is 24.3 Å². The van der Waals surface area contributed by atoms with Crippen molar-refractivity contribution in [1.29, 1.82) is 0 Å². The van der Waals surface area contributed by atoms with Gasteiger partial charge < -0.3 is 16.4 Å². The molecule has 0 heterocycles. The maximum Gasteiger partial charge on any atom is 0.251 e. The molecule has 24 heavy (non-hydrogen) atoms. The predicted molar refractivity (Wildman–Crippen MR) is 88.2 cm³/mol. The zero-order chi connectivity index (χ0) is 17.7. The third kappa shape index (κ3) is 4.65. The number of ketones is 1. The summed E-state index contributed by atoms with van der Waals surface area (Å²) in [6, 6.07) is 5.42. The second-order valence-corrected chi connectivity index (χ2v) is 6.01. The molecule has 1 saturated carbocycles. The molecule has 2 atom stereocenters. The van der Waals surface area contributed by atoms with Crippen molar-refractivity contribution in [1.82, 2.24) is 5.32 Å². The predicted octanol–water partition coefficient (Wildman–Crippen LogP) is 0.988. The molecule has 4 N–H and O–H groups in total. The summed E-state index contributed by atoms with van der Waals surface area (Å²) in [7, 11) is 0. The minimum absolute atomic E-state index is 0.0893. The van der Waals surface area contributed by atoms with Gasteiger partial charge >= 0.3 is 0 Å². The first-order valence-electron chi connectivity index (χ1n) is 7.86. The number of amides is 3. The van der Waals surface area contributed by atoms with Crippen molar-refractivity contribution in [3.63, 3.8) is 0 Å². The van der Waals surface area contributed by atoms with Crippen LogP contribution in [0.1, 0.15) is 43.0 Å². The van der Waals surface area contributed by atoms with E-state index in [9.17, 15) is 19.2 Å². The zero-order valence-electron chi connectivity index (χ0n) is 13.5. The number of hydrogen-bond acceptors (Lipinski definition) is 4. The second kappa shape index (κ2) is 7.72. The van der Waals surface area contributed by atoms with Crippen molar-refractivity contribution in [3.05, 3.63) is 29.8 Å². The second-order valence-electron chi connectivity index (χ2n) is 6.01. The Morgan fingerprint density at radius 2 is 1.88 bits per heavy atom. The van der Waals surface area contributed by atoms with E-state index in [2.05, 4.69) is 10.6 Å². The first kappa shape index (κ1) is 17.7. The molecule has 1 aliphatic carbocycles. The SMILES string of the molecule is CC(=O)Nc1ccc(C(=O)N[C@H](C(N)=O)[C@H]2CCCC(=O)C2)cc1. The van der Waals surface area contributed by atoms with E-state index in [4.69, 9.17) is 5.73 Å². The van der Waals surface area contributed by atoms with E-state index in [1.165, 1.54) is 6.92 Å². The Morgan fingerprint density at radius 1 is 1.21 bits per heavy atom. The van der Waals surface area contributed by atoms with E-state index in [1.807, 2.05) is 0 Å². The molecule has 0 bridgehead atoms. The molecule has 2 rings (SSSR count). The van der Waals surface area contributed by atoms with E-state index >= 15 is 0 Å². The smallest absolute Gasteiger partial charge is 0.251 e. The largest absolute Gasteiger partial charge is 0.368 e. The van der Waals surface area contributed by atoms with Gasteiger partial charge in [0.15, 0.2) is 0 Å². The van der Waals surface area contributed by atoms with Crippen LogP contribution in [-0.4, -0.2) is 29.5 Å². The molecular formula is C17H21N3O4. The van der Waals surface area contributed by atoms with Gasteiger partial charge in [-0.25, -0.2) is 0 Å². The molecule has 0 aromatic heterocycles. The average molecular weight is 331 g/mol. The number of carbonyl (C=O) groups is 4. The molecule has 0 saturated heterocycles. The number of primary amides is 1. The fraction of sp³-hybridized carbons (Fsp3) is 0.412.